The average Bonchev–Trinajstić information content (AvgIpc) is 3.17. The highest BCUT2D eigenvalue weighted by Crippen LogP contribution is 2.47. The number of nitrogens with one attached hydrogen (secondary N) is 1. The molecule has 4 rings (SSSR count). The molecule has 0 aromatic heterocycles. The van der Waals surface area contributed by atoms with E-state index in [0.717, 1.165) is 50.0 Å². The number of benzene rings is 1. The summed E-state index contributed by atoms with van der Waals surface area (Å²) in [6, 6.07) is 6.27. The largest absolute Gasteiger partial charge is 0.444 e. The number of nitrogens with zero attached hydrogens (tertiary/aromatic N) is 2. The molecule has 3 unspecified atom stereocenters. The second-order valence-corrected chi connectivity index (χ2v) is 10.2. The summed E-state index contributed by atoms with van der Waals surface area (Å²) >= 11 is 0. The first-order chi connectivity index (χ1) is 15.3. The fraction of sp³-hybridized carbons (Fsp3) is 0.680. The van der Waals surface area contributed by atoms with E-state index in [0.29, 0.717) is 24.7 Å². The Morgan fingerprint density at radius 3 is 2.53 bits per heavy atom. The number of rotatable bonds is 3. The number of morpholine rings is 1. The Morgan fingerprint density at radius 1 is 1.12 bits per heavy atom. The molecule has 3 aliphatic rings. The maximum Gasteiger partial charge on any atom is 0.411 e. The monoisotopic (exact) mass is 443 g/mol. The van der Waals surface area contributed by atoms with Gasteiger partial charge in [-0.15, -0.1) is 0 Å². The van der Waals surface area contributed by atoms with Crippen LogP contribution >= 0.6 is 0 Å². The van der Waals surface area contributed by atoms with Crippen molar-refractivity contribution >= 4 is 17.7 Å². The number of ether oxygens (including phenoxy) is 2. The van der Waals surface area contributed by atoms with Gasteiger partial charge in [-0.1, -0.05) is 18.9 Å². The highest BCUT2D eigenvalue weighted by atomic mass is 16.6. The van der Waals surface area contributed by atoms with Gasteiger partial charge in [-0.3, -0.25) is 9.69 Å². The molecule has 2 saturated heterocycles. The molecule has 3 fully saturated rings. The molecule has 1 aliphatic carbocycles. The van der Waals surface area contributed by atoms with E-state index in [9.17, 15) is 9.59 Å². The molecule has 2 amide bonds. The molecular weight excluding hydrogens is 406 g/mol. The standard InChI is InChI=1S/C25H37N3O4/c1-25(2,3)32-24(30)28-20-8-6-5-7-17(20)16-22(28)18-9-10-21(19(15-18)23(29)26-4)27-11-13-31-14-12-27/h9-10,15,17,20,22H,5-8,11-14,16H2,1-4H3,(H,26,29). The lowest BCUT2D eigenvalue weighted by molar-refractivity contribution is 0.0101. The smallest absolute Gasteiger partial charge is 0.411 e. The predicted octanol–water partition coefficient (Wildman–Crippen LogP) is 4.12. The highest BCUT2D eigenvalue weighted by Gasteiger charge is 2.46. The van der Waals surface area contributed by atoms with Crippen LogP contribution in [0.3, 0.4) is 0 Å². The van der Waals surface area contributed by atoms with Gasteiger partial charge in [0.25, 0.3) is 5.91 Å². The number of carbonyl (C=O) groups is 2. The van der Waals surface area contributed by atoms with Crippen molar-refractivity contribution in [3.63, 3.8) is 0 Å². The predicted molar refractivity (Wildman–Crippen MR) is 124 cm³/mol. The molecular formula is C25H37N3O4. The van der Waals surface area contributed by atoms with E-state index in [2.05, 4.69) is 16.3 Å². The third-order valence-corrected chi connectivity index (χ3v) is 6.92. The van der Waals surface area contributed by atoms with Crippen LogP contribution in [-0.2, 0) is 9.47 Å². The number of carbonyl (C=O) groups excluding carboxylic acids is 2. The summed E-state index contributed by atoms with van der Waals surface area (Å²) in [7, 11) is 1.66. The van der Waals surface area contributed by atoms with Crippen LogP contribution in [0.5, 0.6) is 0 Å². The number of anilines is 1. The van der Waals surface area contributed by atoms with E-state index >= 15 is 0 Å². The van der Waals surface area contributed by atoms with Gasteiger partial charge in [0, 0.05) is 31.9 Å². The number of fused-ring (bicyclic) bond motifs is 1. The Kier molecular flexibility index (Phi) is 6.65. The lowest BCUT2D eigenvalue weighted by Gasteiger charge is -2.35. The van der Waals surface area contributed by atoms with E-state index in [1.807, 2.05) is 37.8 Å². The second kappa shape index (κ2) is 9.30. The maximum atomic E-state index is 13.3. The second-order valence-electron chi connectivity index (χ2n) is 10.2. The van der Waals surface area contributed by atoms with Gasteiger partial charge in [0.2, 0.25) is 0 Å². The van der Waals surface area contributed by atoms with Crippen molar-refractivity contribution in [2.45, 2.75) is 70.6 Å². The Morgan fingerprint density at radius 2 is 1.84 bits per heavy atom. The molecule has 1 N–H and O–H groups in total. The normalized spacial score (nSPS) is 25.9. The molecule has 176 valence electrons. The van der Waals surface area contributed by atoms with Gasteiger partial charge in [-0.25, -0.2) is 4.79 Å². The molecule has 1 aromatic rings. The minimum absolute atomic E-state index is 0.0694. The Balaban J connectivity index is 1.69. The van der Waals surface area contributed by atoms with E-state index in [4.69, 9.17) is 9.47 Å². The third-order valence-electron chi connectivity index (χ3n) is 6.92. The van der Waals surface area contributed by atoms with Crippen LogP contribution in [0.4, 0.5) is 10.5 Å². The van der Waals surface area contributed by atoms with Gasteiger partial charge < -0.3 is 19.7 Å². The number of hydrogen-bond donors (Lipinski definition) is 1. The zero-order chi connectivity index (χ0) is 22.9. The molecule has 7 nitrogen and oxygen atoms in total. The van der Waals surface area contributed by atoms with Crippen molar-refractivity contribution in [3.05, 3.63) is 29.3 Å². The van der Waals surface area contributed by atoms with Gasteiger partial charge in [0.05, 0.1) is 24.8 Å². The van der Waals surface area contributed by atoms with Gasteiger partial charge in [0.15, 0.2) is 0 Å². The van der Waals surface area contributed by atoms with Gasteiger partial charge in [-0.2, -0.15) is 0 Å². The van der Waals surface area contributed by atoms with Gasteiger partial charge in [-0.05, 0) is 63.6 Å². The minimum Gasteiger partial charge on any atom is -0.444 e. The van der Waals surface area contributed by atoms with E-state index in [1.165, 1.54) is 6.42 Å². The molecule has 7 heteroatoms. The topological polar surface area (TPSA) is 71.1 Å². The Hall–Kier alpha value is -2.28. The summed E-state index contributed by atoms with van der Waals surface area (Å²) in [4.78, 5) is 30.3. The summed E-state index contributed by atoms with van der Waals surface area (Å²) in [6.07, 6.45) is 5.22. The molecule has 0 bridgehead atoms. The maximum absolute atomic E-state index is 13.3. The van der Waals surface area contributed by atoms with Crippen LogP contribution in [0.25, 0.3) is 0 Å². The lowest BCUT2D eigenvalue weighted by atomic mass is 9.84. The van der Waals surface area contributed by atoms with Crippen LogP contribution in [0.1, 0.15) is 74.8 Å². The first kappa shape index (κ1) is 22.9. The summed E-state index contributed by atoms with van der Waals surface area (Å²) < 4.78 is 11.3. The first-order valence-corrected chi connectivity index (χ1v) is 12.0. The van der Waals surface area contributed by atoms with Crippen LogP contribution in [0.15, 0.2) is 18.2 Å². The van der Waals surface area contributed by atoms with Gasteiger partial charge >= 0.3 is 6.09 Å². The summed E-state index contributed by atoms with van der Waals surface area (Å²) in [5.41, 5.74) is 2.06. The van der Waals surface area contributed by atoms with Crippen molar-refractivity contribution in [2.75, 3.05) is 38.3 Å². The van der Waals surface area contributed by atoms with Crippen LogP contribution in [0, 0.1) is 5.92 Å². The highest BCUT2D eigenvalue weighted by molar-refractivity contribution is 6.00. The number of likely N-dealkylation sites (tertiary alicyclic amines) is 1. The van der Waals surface area contributed by atoms with Crippen molar-refractivity contribution in [3.8, 4) is 0 Å². The zero-order valence-corrected chi connectivity index (χ0v) is 19.9. The molecule has 0 spiro atoms. The molecule has 1 saturated carbocycles. The average molecular weight is 444 g/mol. The molecule has 3 atom stereocenters. The fourth-order valence-corrected chi connectivity index (χ4v) is 5.49. The van der Waals surface area contributed by atoms with Crippen molar-refractivity contribution < 1.29 is 19.1 Å². The SMILES string of the molecule is CNC(=O)c1cc(C2CC3CCCCC3N2C(=O)OC(C)(C)C)ccc1N1CCOCC1. The summed E-state index contributed by atoms with van der Waals surface area (Å²) in [6.45, 7) is 8.59. The van der Waals surface area contributed by atoms with E-state index in [-0.39, 0.29) is 24.1 Å². The third kappa shape index (κ3) is 4.72. The zero-order valence-electron chi connectivity index (χ0n) is 19.9. The van der Waals surface area contributed by atoms with Crippen molar-refractivity contribution in [2.24, 2.45) is 5.92 Å². The van der Waals surface area contributed by atoms with Crippen LogP contribution in [-0.4, -0.2) is 61.9 Å². The molecule has 2 aliphatic heterocycles. The molecule has 1 aromatic carbocycles. The quantitative estimate of drug-likeness (QED) is 0.761. The lowest BCUT2D eigenvalue weighted by Crippen LogP contribution is -2.43. The molecule has 2 heterocycles. The summed E-state index contributed by atoms with van der Waals surface area (Å²) in [5.74, 6) is 0.385. The fourth-order valence-electron chi connectivity index (χ4n) is 5.49. The molecule has 0 radical (unpaired) electrons. The van der Waals surface area contributed by atoms with E-state index in [1.54, 1.807) is 7.05 Å². The summed E-state index contributed by atoms with van der Waals surface area (Å²) in [5, 5.41) is 2.79. The van der Waals surface area contributed by atoms with Crippen molar-refractivity contribution in [1.29, 1.82) is 0 Å². The number of amides is 2. The number of hydrogen-bond acceptors (Lipinski definition) is 5. The van der Waals surface area contributed by atoms with Crippen molar-refractivity contribution in [1.82, 2.24) is 10.2 Å². The van der Waals surface area contributed by atoms with E-state index < -0.39 is 5.60 Å². The minimum atomic E-state index is -0.540. The first-order valence-electron chi connectivity index (χ1n) is 12.0. The van der Waals surface area contributed by atoms with Crippen LogP contribution in [0.2, 0.25) is 0 Å². The molecule has 32 heavy (non-hydrogen) atoms. The van der Waals surface area contributed by atoms with Gasteiger partial charge in [0.1, 0.15) is 5.60 Å². The van der Waals surface area contributed by atoms with Crippen LogP contribution < -0.4 is 10.2 Å². The Labute approximate surface area is 191 Å². The Bertz CT molecular complexity index is 844.